The number of carbonyl (C=O) groups is 2. The van der Waals surface area contributed by atoms with Crippen molar-refractivity contribution in [3.05, 3.63) is 59.8 Å². The number of benzene rings is 1. The van der Waals surface area contributed by atoms with E-state index in [0.29, 0.717) is 43.6 Å². The van der Waals surface area contributed by atoms with Crippen LogP contribution in [0.2, 0.25) is 0 Å². The van der Waals surface area contributed by atoms with Crippen molar-refractivity contribution >= 4 is 29.1 Å². The Kier molecular flexibility index (Phi) is 9.67. The SMILES string of the molecule is C=CC(=O)CC1CCC(C(=O)Cc2cccc(CNc3nc(NC4CCCC(O)C4)nc4c(C(C)C)cnn34)c2)CC1. The van der Waals surface area contributed by atoms with Gasteiger partial charge in [-0.3, -0.25) is 9.59 Å². The molecule has 224 valence electrons. The number of nitrogens with zero attached hydrogens (tertiary/aromatic N) is 4. The first-order valence-corrected chi connectivity index (χ1v) is 15.5. The number of fused-ring (bicyclic) bond motifs is 1. The Labute approximate surface area is 248 Å². The summed E-state index contributed by atoms with van der Waals surface area (Å²) in [6.07, 6.45) is 11.0. The smallest absolute Gasteiger partial charge is 0.229 e. The molecular weight excluding hydrogens is 528 g/mol. The fourth-order valence-corrected chi connectivity index (χ4v) is 6.39. The van der Waals surface area contributed by atoms with Crippen molar-refractivity contribution in [3.8, 4) is 0 Å². The van der Waals surface area contributed by atoms with Crippen LogP contribution in [0.4, 0.5) is 11.9 Å². The summed E-state index contributed by atoms with van der Waals surface area (Å²) in [5.74, 6) is 2.22. The van der Waals surface area contributed by atoms with Crippen molar-refractivity contribution in [1.29, 1.82) is 0 Å². The van der Waals surface area contributed by atoms with Gasteiger partial charge in [-0.1, -0.05) is 44.7 Å². The van der Waals surface area contributed by atoms with E-state index in [1.54, 1.807) is 4.52 Å². The molecule has 2 aliphatic rings. The predicted molar refractivity (Wildman–Crippen MR) is 165 cm³/mol. The predicted octanol–water partition coefficient (Wildman–Crippen LogP) is 5.64. The number of aliphatic hydroxyl groups excluding tert-OH is 1. The highest BCUT2D eigenvalue weighted by Gasteiger charge is 2.27. The number of aliphatic hydroxyl groups is 1. The van der Waals surface area contributed by atoms with Crippen LogP contribution in [0.15, 0.2) is 43.1 Å². The third kappa shape index (κ3) is 7.43. The van der Waals surface area contributed by atoms with Crippen LogP contribution in [0.3, 0.4) is 0 Å². The van der Waals surface area contributed by atoms with Crippen LogP contribution in [-0.2, 0) is 22.6 Å². The molecule has 0 saturated heterocycles. The minimum Gasteiger partial charge on any atom is -0.393 e. The normalized spacial score (nSPS) is 22.7. The Bertz CT molecular complexity index is 1410. The van der Waals surface area contributed by atoms with E-state index in [1.165, 1.54) is 6.08 Å². The van der Waals surface area contributed by atoms with Crippen LogP contribution in [-0.4, -0.2) is 48.4 Å². The molecule has 2 unspecified atom stereocenters. The van der Waals surface area contributed by atoms with Gasteiger partial charge in [-0.2, -0.15) is 19.6 Å². The molecule has 2 aliphatic carbocycles. The number of hydrogen-bond acceptors (Lipinski definition) is 8. The molecule has 1 aromatic carbocycles. The average Bonchev–Trinajstić information content (AvgIpc) is 3.41. The zero-order valence-electron chi connectivity index (χ0n) is 24.9. The molecule has 0 amide bonds. The minimum atomic E-state index is -0.291. The first kappa shape index (κ1) is 29.9. The largest absolute Gasteiger partial charge is 0.393 e. The van der Waals surface area contributed by atoms with Crippen molar-refractivity contribution < 1.29 is 14.7 Å². The van der Waals surface area contributed by atoms with Crippen molar-refractivity contribution in [2.75, 3.05) is 10.6 Å². The molecule has 5 rings (SSSR count). The van der Waals surface area contributed by atoms with Gasteiger partial charge in [0.25, 0.3) is 0 Å². The second kappa shape index (κ2) is 13.6. The third-order valence-corrected chi connectivity index (χ3v) is 8.84. The van der Waals surface area contributed by atoms with E-state index < -0.39 is 0 Å². The lowest BCUT2D eigenvalue weighted by Gasteiger charge is -2.27. The van der Waals surface area contributed by atoms with Gasteiger partial charge in [0.05, 0.1) is 12.3 Å². The summed E-state index contributed by atoms with van der Waals surface area (Å²) >= 11 is 0. The Hall–Kier alpha value is -3.59. The first-order valence-electron chi connectivity index (χ1n) is 15.5. The van der Waals surface area contributed by atoms with E-state index in [0.717, 1.165) is 67.3 Å². The molecule has 2 saturated carbocycles. The lowest BCUT2D eigenvalue weighted by Crippen LogP contribution is -2.30. The Morgan fingerprint density at radius 3 is 2.64 bits per heavy atom. The summed E-state index contributed by atoms with van der Waals surface area (Å²) in [7, 11) is 0. The number of Topliss-reactive ketones (excluding diaryl/α,β-unsaturated/α-hetero) is 1. The van der Waals surface area contributed by atoms with E-state index in [4.69, 9.17) is 9.97 Å². The van der Waals surface area contributed by atoms with Crippen LogP contribution >= 0.6 is 0 Å². The fourth-order valence-electron chi connectivity index (χ4n) is 6.39. The van der Waals surface area contributed by atoms with Crippen LogP contribution in [0.25, 0.3) is 5.65 Å². The number of carbonyl (C=O) groups excluding carboxylic acids is 2. The molecule has 9 heteroatoms. The van der Waals surface area contributed by atoms with Gasteiger partial charge in [0.15, 0.2) is 11.4 Å². The maximum atomic E-state index is 13.1. The number of nitrogens with one attached hydrogen (secondary N) is 2. The molecule has 3 aromatic rings. The van der Waals surface area contributed by atoms with Gasteiger partial charge in [0, 0.05) is 36.9 Å². The van der Waals surface area contributed by atoms with Crippen LogP contribution in [0, 0.1) is 11.8 Å². The van der Waals surface area contributed by atoms with Crippen LogP contribution < -0.4 is 10.6 Å². The second-order valence-corrected chi connectivity index (χ2v) is 12.4. The van der Waals surface area contributed by atoms with Crippen LogP contribution in [0.5, 0.6) is 0 Å². The number of allylic oxidation sites excluding steroid dienone is 1. The van der Waals surface area contributed by atoms with E-state index in [2.05, 4.69) is 42.2 Å². The highest BCUT2D eigenvalue weighted by Crippen LogP contribution is 2.32. The molecule has 3 N–H and O–H groups in total. The number of rotatable bonds is 12. The molecule has 2 heterocycles. The molecule has 0 spiro atoms. The topological polar surface area (TPSA) is 122 Å². The molecule has 2 atom stereocenters. The van der Waals surface area contributed by atoms with Gasteiger partial charge in [-0.05, 0) is 80.4 Å². The van der Waals surface area contributed by atoms with E-state index in [9.17, 15) is 14.7 Å². The Morgan fingerprint density at radius 1 is 1.12 bits per heavy atom. The molecule has 2 aromatic heterocycles. The van der Waals surface area contributed by atoms with Gasteiger partial charge in [0.2, 0.25) is 11.9 Å². The van der Waals surface area contributed by atoms with Gasteiger partial charge >= 0.3 is 0 Å². The number of anilines is 2. The van der Waals surface area contributed by atoms with Gasteiger partial charge in [-0.25, -0.2) is 0 Å². The Morgan fingerprint density at radius 2 is 1.90 bits per heavy atom. The lowest BCUT2D eigenvalue weighted by molar-refractivity contribution is -0.123. The molecule has 0 radical (unpaired) electrons. The van der Waals surface area contributed by atoms with Gasteiger partial charge in [0.1, 0.15) is 5.78 Å². The average molecular weight is 573 g/mol. The molecule has 2 fully saturated rings. The summed E-state index contributed by atoms with van der Waals surface area (Å²) in [6.45, 7) is 8.34. The molecule has 42 heavy (non-hydrogen) atoms. The standard InChI is InChI=1S/C33H44N6O3/c1-4-27(40)16-22-11-13-25(14-12-22)30(42)17-23-7-5-8-24(15-23)19-34-33-38-32(36-26-9-6-10-28(41)18-26)37-31-29(21(2)3)20-35-39(31)33/h4-5,7-8,15,20-22,25-26,28,41H,1,6,9-14,16-19H2,2-3H3,(H2,34,36,37,38). The quantitative estimate of drug-likeness (QED) is 0.239. The molecule has 0 bridgehead atoms. The van der Waals surface area contributed by atoms with Crippen LogP contribution in [0.1, 0.15) is 94.2 Å². The molecular formula is C33H44N6O3. The zero-order valence-corrected chi connectivity index (χ0v) is 24.9. The number of aromatic nitrogens is 4. The molecule has 9 nitrogen and oxygen atoms in total. The second-order valence-electron chi connectivity index (χ2n) is 12.4. The van der Waals surface area contributed by atoms with Crippen molar-refractivity contribution in [3.63, 3.8) is 0 Å². The number of ketones is 2. The first-order chi connectivity index (χ1) is 20.3. The fraction of sp³-hybridized carbons (Fsp3) is 0.545. The summed E-state index contributed by atoms with van der Waals surface area (Å²) < 4.78 is 1.75. The third-order valence-electron chi connectivity index (χ3n) is 8.84. The van der Waals surface area contributed by atoms with E-state index in [1.807, 2.05) is 24.4 Å². The van der Waals surface area contributed by atoms with Crippen molar-refractivity contribution in [2.24, 2.45) is 11.8 Å². The lowest BCUT2D eigenvalue weighted by atomic mass is 9.77. The minimum absolute atomic E-state index is 0.0716. The summed E-state index contributed by atoms with van der Waals surface area (Å²) in [4.78, 5) is 34.4. The highest BCUT2D eigenvalue weighted by molar-refractivity contribution is 5.89. The summed E-state index contributed by atoms with van der Waals surface area (Å²) in [5.41, 5.74) is 3.88. The molecule has 0 aliphatic heterocycles. The maximum absolute atomic E-state index is 13.1. The van der Waals surface area contributed by atoms with Crippen molar-refractivity contribution in [2.45, 2.75) is 103 Å². The summed E-state index contributed by atoms with van der Waals surface area (Å²) in [6, 6.07) is 8.28. The monoisotopic (exact) mass is 572 g/mol. The zero-order chi connectivity index (χ0) is 29.6. The highest BCUT2D eigenvalue weighted by atomic mass is 16.3. The van der Waals surface area contributed by atoms with E-state index >= 15 is 0 Å². The van der Waals surface area contributed by atoms with Gasteiger partial charge in [-0.15, -0.1) is 0 Å². The van der Waals surface area contributed by atoms with Gasteiger partial charge < -0.3 is 15.7 Å². The maximum Gasteiger partial charge on any atom is 0.229 e. The van der Waals surface area contributed by atoms with Crippen molar-refractivity contribution in [1.82, 2.24) is 19.6 Å². The number of hydrogen-bond donors (Lipinski definition) is 3. The summed E-state index contributed by atoms with van der Waals surface area (Å²) in [5, 5.41) is 21.6. The Balaban J connectivity index is 1.24. The van der Waals surface area contributed by atoms with E-state index in [-0.39, 0.29) is 35.5 Å².